The Kier molecular flexibility index (Phi) is 3.82. The van der Waals surface area contributed by atoms with Crippen LogP contribution in [0.25, 0.3) is 0 Å². The fraction of sp³-hybridized carbons (Fsp3) is 0.308. The average molecular weight is 294 g/mol. The van der Waals surface area contributed by atoms with Gasteiger partial charge in [0.1, 0.15) is 4.90 Å². The number of hydrogen-bond acceptors (Lipinski definition) is 4. The molecule has 2 aromatic rings. The molecule has 7 heteroatoms. The van der Waals surface area contributed by atoms with Crippen molar-refractivity contribution in [1.29, 1.82) is 0 Å². The van der Waals surface area contributed by atoms with E-state index in [1.807, 2.05) is 19.1 Å². The predicted octanol–water partition coefficient (Wildman–Crippen LogP) is 1.38. The molecule has 20 heavy (non-hydrogen) atoms. The summed E-state index contributed by atoms with van der Waals surface area (Å²) in [6.45, 7) is 1.82. The van der Waals surface area contributed by atoms with E-state index in [1.165, 1.54) is 21.4 Å². The molecule has 6 nitrogen and oxygen atoms in total. The smallest absolute Gasteiger partial charge is 0.246 e. The zero-order valence-electron chi connectivity index (χ0n) is 11.7. The molecule has 0 aliphatic heterocycles. The first-order chi connectivity index (χ1) is 9.32. The highest BCUT2D eigenvalue weighted by Gasteiger charge is 2.27. The van der Waals surface area contributed by atoms with Crippen molar-refractivity contribution in [1.82, 2.24) is 14.1 Å². The van der Waals surface area contributed by atoms with Crippen LogP contribution in [0.2, 0.25) is 0 Å². The third kappa shape index (κ3) is 2.68. The van der Waals surface area contributed by atoms with Crippen LogP contribution < -0.4 is 5.73 Å². The molecule has 2 N–H and O–H groups in total. The van der Waals surface area contributed by atoms with E-state index in [9.17, 15) is 8.42 Å². The quantitative estimate of drug-likeness (QED) is 0.864. The maximum atomic E-state index is 12.5. The molecule has 1 heterocycles. The Morgan fingerprint density at radius 1 is 1.40 bits per heavy atom. The summed E-state index contributed by atoms with van der Waals surface area (Å²) in [5, 5.41) is 3.90. The molecule has 2 rings (SSSR count). The second kappa shape index (κ2) is 5.26. The molecule has 0 spiro atoms. The van der Waals surface area contributed by atoms with Gasteiger partial charge in [-0.3, -0.25) is 4.68 Å². The van der Waals surface area contributed by atoms with Crippen molar-refractivity contribution in [2.75, 3.05) is 12.8 Å². The summed E-state index contributed by atoms with van der Waals surface area (Å²) in [6.07, 6.45) is 2.83. The van der Waals surface area contributed by atoms with E-state index < -0.39 is 10.0 Å². The second-order valence-electron chi connectivity index (χ2n) is 4.72. The number of anilines is 1. The highest BCUT2D eigenvalue weighted by molar-refractivity contribution is 7.89. The molecular formula is C13H18N4O2S. The molecule has 0 radical (unpaired) electrons. The van der Waals surface area contributed by atoms with Crippen LogP contribution in [-0.4, -0.2) is 29.6 Å². The molecule has 0 fully saturated rings. The topological polar surface area (TPSA) is 81.2 Å². The van der Waals surface area contributed by atoms with Crippen LogP contribution in [-0.2, 0) is 17.1 Å². The number of nitrogens with two attached hydrogens (primary N) is 1. The van der Waals surface area contributed by atoms with Gasteiger partial charge < -0.3 is 5.73 Å². The fourth-order valence-corrected chi connectivity index (χ4v) is 3.27. The van der Waals surface area contributed by atoms with Gasteiger partial charge in [0, 0.05) is 32.0 Å². The molecule has 0 saturated carbocycles. The van der Waals surface area contributed by atoms with Crippen molar-refractivity contribution in [2.45, 2.75) is 17.9 Å². The summed E-state index contributed by atoms with van der Waals surface area (Å²) in [4.78, 5) is 0.179. The zero-order chi connectivity index (χ0) is 14.9. The molecule has 1 atom stereocenters. The maximum Gasteiger partial charge on any atom is 0.246 e. The van der Waals surface area contributed by atoms with Crippen LogP contribution in [0.4, 0.5) is 5.69 Å². The van der Waals surface area contributed by atoms with Crippen molar-refractivity contribution in [2.24, 2.45) is 7.05 Å². The van der Waals surface area contributed by atoms with Gasteiger partial charge in [0.25, 0.3) is 0 Å². The summed E-state index contributed by atoms with van der Waals surface area (Å²) in [5.74, 6) is 0. The van der Waals surface area contributed by atoms with E-state index in [0.29, 0.717) is 5.69 Å². The lowest BCUT2D eigenvalue weighted by atomic mass is 10.1. The van der Waals surface area contributed by atoms with E-state index in [4.69, 9.17) is 5.73 Å². The van der Waals surface area contributed by atoms with Crippen molar-refractivity contribution < 1.29 is 8.42 Å². The Morgan fingerprint density at radius 3 is 2.65 bits per heavy atom. The number of aryl methyl sites for hydroxylation is 1. The maximum absolute atomic E-state index is 12.5. The first-order valence-corrected chi connectivity index (χ1v) is 7.58. The number of sulfonamides is 1. The van der Waals surface area contributed by atoms with Crippen LogP contribution in [0.1, 0.15) is 18.5 Å². The largest absolute Gasteiger partial charge is 0.399 e. The van der Waals surface area contributed by atoms with Crippen LogP contribution in [0, 0.1) is 0 Å². The van der Waals surface area contributed by atoms with Gasteiger partial charge in [-0.05, 0) is 24.6 Å². The van der Waals surface area contributed by atoms with Gasteiger partial charge in [0.15, 0.2) is 0 Å². The Bertz CT molecular complexity index is 709. The number of nitrogens with zero attached hydrogens (tertiary/aromatic N) is 3. The van der Waals surface area contributed by atoms with Gasteiger partial charge >= 0.3 is 0 Å². The molecule has 1 unspecified atom stereocenters. The van der Waals surface area contributed by atoms with E-state index in [-0.39, 0.29) is 10.9 Å². The first kappa shape index (κ1) is 14.5. The molecule has 0 saturated heterocycles. The minimum absolute atomic E-state index is 0.179. The fourth-order valence-electron chi connectivity index (χ4n) is 1.94. The second-order valence-corrected chi connectivity index (χ2v) is 6.71. The number of rotatable bonds is 4. The van der Waals surface area contributed by atoms with E-state index in [1.54, 1.807) is 26.2 Å². The van der Waals surface area contributed by atoms with Gasteiger partial charge in [-0.1, -0.05) is 12.1 Å². The van der Waals surface area contributed by atoms with E-state index in [2.05, 4.69) is 5.10 Å². The Labute approximate surface area is 118 Å². The third-order valence-electron chi connectivity index (χ3n) is 3.30. The average Bonchev–Trinajstić information content (AvgIpc) is 2.84. The minimum atomic E-state index is -3.57. The number of hydrogen-bond donors (Lipinski definition) is 1. The molecule has 0 aliphatic carbocycles. The van der Waals surface area contributed by atoms with Crippen molar-refractivity contribution in [3.05, 3.63) is 42.2 Å². The molecule has 0 amide bonds. The van der Waals surface area contributed by atoms with Crippen LogP contribution in [0.3, 0.4) is 0 Å². The minimum Gasteiger partial charge on any atom is -0.399 e. The Balaban J connectivity index is 2.33. The summed E-state index contributed by atoms with van der Waals surface area (Å²) >= 11 is 0. The normalized spacial score (nSPS) is 13.6. The van der Waals surface area contributed by atoms with Gasteiger partial charge in [-0.25, -0.2) is 8.42 Å². The summed E-state index contributed by atoms with van der Waals surface area (Å²) < 4.78 is 27.8. The van der Waals surface area contributed by atoms with Crippen LogP contribution >= 0.6 is 0 Å². The van der Waals surface area contributed by atoms with Crippen molar-refractivity contribution in [3.8, 4) is 0 Å². The predicted molar refractivity (Wildman–Crippen MR) is 77.4 cm³/mol. The Hall–Kier alpha value is -1.86. The van der Waals surface area contributed by atoms with Crippen LogP contribution in [0.15, 0.2) is 41.6 Å². The monoisotopic (exact) mass is 294 g/mol. The highest BCUT2D eigenvalue weighted by Crippen LogP contribution is 2.26. The molecule has 1 aromatic carbocycles. The van der Waals surface area contributed by atoms with Crippen LogP contribution in [0.5, 0.6) is 0 Å². The highest BCUT2D eigenvalue weighted by atomic mass is 32.2. The van der Waals surface area contributed by atoms with Crippen molar-refractivity contribution >= 4 is 15.7 Å². The number of benzene rings is 1. The standard InChI is InChI=1S/C13H18N4O2S/c1-10(11-5-4-6-12(14)7-11)17(3)20(18,19)13-8-15-16(2)9-13/h4-10H,14H2,1-3H3. The molecule has 0 aliphatic rings. The van der Waals surface area contributed by atoms with E-state index >= 15 is 0 Å². The molecule has 108 valence electrons. The summed E-state index contributed by atoms with van der Waals surface area (Å²) in [5.41, 5.74) is 7.20. The van der Waals surface area contributed by atoms with Gasteiger partial charge in [-0.15, -0.1) is 0 Å². The van der Waals surface area contributed by atoms with Gasteiger partial charge in [-0.2, -0.15) is 9.40 Å². The lowest BCUT2D eigenvalue weighted by Crippen LogP contribution is -2.29. The first-order valence-electron chi connectivity index (χ1n) is 6.14. The summed E-state index contributed by atoms with van der Waals surface area (Å²) in [6, 6.07) is 6.90. The number of nitrogen functional groups attached to an aromatic ring is 1. The molecule has 0 bridgehead atoms. The van der Waals surface area contributed by atoms with Crippen molar-refractivity contribution in [3.63, 3.8) is 0 Å². The summed E-state index contributed by atoms with van der Waals surface area (Å²) in [7, 11) is -0.337. The lowest BCUT2D eigenvalue weighted by molar-refractivity contribution is 0.398. The molecular weight excluding hydrogens is 276 g/mol. The van der Waals surface area contributed by atoms with E-state index in [0.717, 1.165) is 5.56 Å². The third-order valence-corrected chi connectivity index (χ3v) is 5.18. The molecule has 1 aromatic heterocycles. The van der Waals surface area contributed by atoms with Gasteiger partial charge in [0.2, 0.25) is 10.0 Å². The zero-order valence-corrected chi connectivity index (χ0v) is 12.5. The SMILES string of the molecule is CC(c1cccc(N)c1)N(C)S(=O)(=O)c1cnn(C)c1. The number of aromatic nitrogens is 2. The van der Waals surface area contributed by atoms with Gasteiger partial charge in [0.05, 0.1) is 6.20 Å². The Morgan fingerprint density at radius 2 is 2.10 bits per heavy atom. The lowest BCUT2D eigenvalue weighted by Gasteiger charge is -2.24.